The third-order valence-electron chi connectivity index (χ3n) is 5.91. The first-order valence-electron chi connectivity index (χ1n) is 11.2. The molecule has 0 fully saturated rings. The zero-order valence-electron chi connectivity index (χ0n) is 19.2. The summed E-state index contributed by atoms with van der Waals surface area (Å²) in [5.74, 6) is 1.18. The highest BCUT2D eigenvalue weighted by molar-refractivity contribution is 7.18. The zero-order valence-corrected chi connectivity index (χ0v) is 21.1. The van der Waals surface area contributed by atoms with Gasteiger partial charge in [0.25, 0.3) is 5.66 Å². The lowest BCUT2D eigenvalue weighted by Crippen LogP contribution is -2.27. The second kappa shape index (κ2) is 9.65. The molecule has 5 aromatic rings. The van der Waals surface area contributed by atoms with Crippen LogP contribution >= 0.6 is 20.8 Å². The van der Waals surface area contributed by atoms with Crippen LogP contribution in [-0.2, 0) is 13.0 Å². The molecule has 2 aromatic carbocycles. The highest BCUT2D eigenvalue weighted by Crippen LogP contribution is 2.39. The number of halogens is 3. The van der Waals surface area contributed by atoms with Crippen LogP contribution in [0.2, 0.25) is 5.02 Å². The minimum Gasteiger partial charge on any atom is -0.485 e. The summed E-state index contributed by atoms with van der Waals surface area (Å²) in [7, 11) is 1.45. The zero-order chi connectivity index (χ0) is 25.4. The first-order valence-corrected chi connectivity index (χ1v) is 12.1. The molecule has 0 saturated carbocycles. The van der Waals surface area contributed by atoms with Crippen LogP contribution in [0.25, 0.3) is 27.8 Å². The lowest BCUT2D eigenvalue weighted by molar-refractivity contribution is 0.0736. The van der Waals surface area contributed by atoms with Crippen molar-refractivity contribution >= 4 is 37.4 Å². The van der Waals surface area contributed by atoms with Gasteiger partial charge in [-0.15, -0.1) is 10.2 Å². The molecule has 36 heavy (non-hydrogen) atoms. The van der Waals surface area contributed by atoms with Crippen molar-refractivity contribution in [2.75, 3.05) is 0 Å². The average molecular weight is 527 g/mol. The Morgan fingerprint density at radius 3 is 2.69 bits per heavy atom. The second-order valence-corrected chi connectivity index (χ2v) is 9.47. The van der Waals surface area contributed by atoms with Crippen LogP contribution in [0.1, 0.15) is 29.9 Å². The topological polar surface area (TPSA) is 91.2 Å². The first kappa shape index (κ1) is 24.4. The molecule has 3 heterocycles. The number of alkyl halides is 2. The molecule has 3 aromatic heterocycles. The molecule has 0 aliphatic heterocycles. The number of benzene rings is 2. The monoisotopic (exact) mass is 526 g/mol. The van der Waals surface area contributed by atoms with Crippen LogP contribution in [0.3, 0.4) is 0 Å². The number of aryl methyl sites for hydroxylation is 1. The van der Waals surface area contributed by atoms with E-state index in [0.717, 1.165) is 17.3 Å². The average Bonchev–Trinajstić information content (AvgIpc) is 3.28. The van der Waals surface area contributed by atoms with Gasteiger partial charge in [-0.1, -0.05) is 46.0 Å². The predicted molar refractivity (Wildman–Crippen MR) is 138 cm³/mol. The molecular formula is C25H22ClF2N6OP. The largest absolute Gasteiger partial charge is 0.485 e. The fraction of sp³-hybridized carbons (Fsp3) is 0.200. The van der Waals surface area contributed by atoms with Crippen LogP contribution in [0.5, 0.6) is 5.75 Å². The van der Waals surface area contributed by atoms with Crippen molar-refractivity contribution in [1.82, 2.24) is 24.8 Å². The van der Waals surface area contributed by atoms with Gasteiger partial charge in [0.2, 0.25) is 0 Å². The van der Waals surface area contributed by atoms with Gasteiger partial charge in [-0.25, -0.2) is 8.78 Å². The summed E-state index contributed by atoms with van der Waals surface area (Å²) in [6.07, 6.45) is 2.63. The van der Waals surface area contributed by atoms with Crippen molar-refractivity contribution in [2.24, 2.45) is 5.73 Å². The van der Waals surface area contributed by atoms with Gasteiger partial charge in [0, 0.05) is 22.2 Å². The number of aromatic nitrogens is 5. The van der Waals surface area contributed by atoms with Gasteiger partial charge < -0.3 is 10.5 Å². The van der Waals surface area contributed by atoms with Gasteiger partial charge in [0.05, 0.1) is 17.3 Å². The fourth-order valence-corrected chi connectivity index (χ4v) is 4.36. The molecule has 7 nitrogen and oxygen atoms in total. The molecule has 0 amide bonds. The molecular weight excluding hydrogens is 505 g/mol. The van der Waals surface area contributed by atoms with Gasteiger partial charge >= 0.3 is 0 Å². The van der Waals surface area contributed by atoms with Gasteiger partial charge in [0.15, 0.2) is 11.5 Å². The van der Waals surface area contributed by atoms with E-state index in [0.29, 0.717) is 28.5 Å². The predicted octanol–water partition coefficient (Wildman–Crippen LogP) is 5.60. The van der Waals surface area contributed by atoms with E-state index in [1.54, 1.807) is 35.0 Å². The Hall–Kier alpha value is -3.26. The summed E-state index contributed by atoms with van der Waals surface area (Å²) in [5.41, 5.74) is 6.42. The van der Waals surface area contributed by atoms with Crippen LogP contribution in [0.4, 0.5) is 8.78 Å². The van der Waals surface area contributed by atoms with E-state index in [-0.39, 0.29) is 17.2 Å². The Balaban J connectivity index is 1.42. The molecule has 0 bridgehead atoms. The van der Waals surface area contributed by atoms with E-state index in [2.05, 4.69) is 33.3 Å². The molecule has 184 valence electrons. The van der Waals surface area contributed by atoms with E-state index in [1.807, 2.05) is 18.2 Å². The summed E-state index contributed by atoms with van der Waals surface area (Å²) in [6.45, 7) is 2.23. The van der Waals surface area contributed by atoms with E-state index in [9.17, 15) is 8.78 Å². The molecule has 11 heteroatoms. The van der Waals surface area contributed by atoms with E-state index >= 15 is 0 Å². The lowest BCUT2D eigenvalue weighted by Gasteiger charge is -2.20. The third kappa shape index (κ3) is 4.74. The maximum Gasteiger partial charge on any atom is 0.277 e. The van der Waals surface area contributed by atoms with Crippen LogP contribution in [0.15, 0.2) is 60.8 Å². The molecule has 0 radical (unpaired) electrons. The number of hydrogen-bond acceptors (Lipinski definition) is 6. The quantitative estimate of drug-likeness (QED) is 0.277. The molecule has 0 aliphatic rings. The van der Waals surface area contributed by atoms with Crippen molar-refractivity contribution < 1.29 is 13.5 Å². The Morgan fingerprint density at radius 1 is 1.11 bits per heavy atom. The van der Waals surface area contributed by atoms with Crippen molar-refractivity contribution in [3.8, 4) is 17.0 Å². The van der Waals surface area contributed by atoms with Crippen LogP contribution in [-0.4, -0.2) is 30.5 Å². The number of rotatable bonds is 7. The summed E-state index contributed by atoms with van der Waals surface area (Å²) < 4.78 is 34.9. The Bertz CT molecular complexity index is 1570. The van der Waals surface area contributed by atoms with Gasteiger partial charge in [0.1, 0.15) is 12.4 Å². The Morgan fingerprint density at radius 2 is 1.94 bits per heavy atom. The van der Waals surface area contributed by atoms with Crippen molar-refractivity contribution in [3.05, 3.63) is 82.8 Å². The van der Waals surface area contributed by atoms with E-state index in [4.69, 9.17) is 22.1 Å². The van der Waals surface area contributed by atoms with Crippen molar-refractivity contribution in [1.29, 1.82) is 0 Å². The number of hydrogen-bond donors (Lipinski definition) is 1. The molecule has 2 atom stereocenters. The molecule has 5 rings (SSSR count). The molecule has 0 spiro atoms. The first-order chi connectivity index (χ1) is 17.2. The maximum absolute atomic E-state index is 13.6. The smallest absolute Gasteiger partial charge is 0.277 e. The van der Waals surface area contributed by atoms with Gasteiger partial charge in [-0.05, 0) is 53.9 Å². The Kier molecular flexibility index (Phi) is 6.55. The molecule has 0 aliphatic carbocycles. The lowest BCUT2D eigenvalue weighted by atomic mass is 10.0. The maximum atomic E-state index is 13.6. The van der Waals surface area contributed by atoms with Gasteiger partial charge in [-0.2, -0.15) is 9.61 Å². The summed E-state index contributed by atoms with van der Waals surface area (Å²) in [6, 6.07) is 14.6. The highest BCUT2D eigenvalue weighted by atomic mass is 35.5. The second-order valence-electron chi connectivity index (χ2n) is 8.30. The molecule has 2 N–H and O–H groups in total. The van der Waals surface area contributed by atoms with Crippen molar-refractivity contribution in [2.45, 2.75) is 31.7 Å². The number of pyridine rings is 1. The van der Waals surface area contributed by atoms with Crippen LogP contribution < -0.4 is 10.5 Å². The van der Waals surface area contributed by atoms with Crippen LogP contribution in [0, 0.1) is 0 Å². The normalized spacial score (nSPS) is 12.8. The molecule has 0 saturated heterocycles. The number of nitrogens with two attached hydrogens (primary N) is 1. The number of nitrogens with zero attached hydrogens (tertiary/aromatic N) is 5. The Labute approximate surface area is 212 Å². The van der Waals surface area contributed by atoms with E-state index < -0.39 is 11.7 Å². The van der Waals surface area contributed by atoms with E-state index in [1.165, 1.54) is 20.9 Å². The number of fused-ring (bicyclic) bond motifs is 2. The standard InChI is InChI=1S/C25H22ClF2N6OP/c1-2-14-3-5-17-20(11-14)30-10-9-21(17)35-13-23-32-31-22-8-7-19(33-34(22)23)15-4-6-16(18(26)12-15)24(29)25(27,28)36/h3-12,24H,2,13,29,36H2,1H3. The SMILES string of the molecule is CCc1ccc2c(OCc3nnc4ccc(-c5ccc(C(N)C(F)(F)P)c(Cl)c5)nn34)ccnc2c1. The minimum absolute atomic E-state index is 0.129. The third-order valence-corrected chi connectivity index (χ3v) is 6.59. The number of ether oxygens (including phenoxy) is 1. The van der Waals surface area contributed by atoms with Gasteiger partial charge in [-0.3, -0.25) is 4.98 Å². The minimum atomic E-state index is -3.18. The summed E-state index contributed by atoms with van der Waals surface area (Å²) in [5, 5.41) is 14.0. The fourth-order valence-electron chi connectivity index (χ4n) is 3.88. The summed E-state index contributed by atoms with van der Waals surface area (Å²) in [4.78, 5) is 4.44. The molecule has 2 unspecified atom stereocenters. The summed E-state index contributed by atoms with van der Waals surface area (Å²) >= 11 is 6.29. The van der Waals surface area contributed by atoms with Crippen molar-refractivity contribution in [3.63, 3.8) is 0 Å². The highest BCUT2D eigenvalue weighted by Gasteiger charge is 2.33.